The summed E-state index contributed by atoms with van der Waals surface area (Å²) in [4.78, 5) is 17.8. The fourth-order valence-corrected chi connectivity index (χ4v) is 2.23. The van der Waals surface area contributed by atoms with E-state index in [1.807, 2.05) is 54.4 Å². The van der Waals surface area contributed by atoms with Gasteiger partial charge in [0, 0.05) is 24.0 Å². The van der Waals surface area contributed by atoms with E-state index in [-0.39, 0.29) is 5.78 Å². The van der Waals surface area contributed by atoms with Crippen LogP contribution in [-0.2, 0) is 0 Å². The Morgan fingerprint density at radius 3 is 2.62 bits per heavy atom. The molecule has 0 aliphatic carbocycles. The van der Waals surface area contributed by atoms with E-state index in [9.17, 15) is 4.79 Å². The second-order valence-electron chi connectivity index (χ2n) is 5.30. The van der Waals surface area contributed by atoms with Crippen LogP contribution in [0.3, 0.4) is 0 Å². The summed E-state index contributed by atoms with van der Waals surface area (Å²) in [6.45, 7) is 1.54. The molecule has 6 nitrogen and oxygen atoms in total. The van der Waals surface area contributed by atoms with Gasteiger partial charge in [-0.2, -0.15) is 10.1 Å². The molecule has 0 bridgehead atoms. The lowest BCUT2D eigenvalue weighted by Gasteiger charge is -2.17. The van der Waals surface area contributed by atoms with Gasteiger partial charge >= 0.3 is 0 Å². The Morgan fingerprint density at radius 2 is 1.88 bits per heavy atom. The molecule has 0 unspecified atom stereocenters. The van der Waals surface area contributed by atoms with E-state index in [2.05, 4.69) is 20.5 Å². The molecule has 0 radical (unpaired) electrons. The van der Waals surface area contributed by atoms with E-state index >= 15 is 0 Å². The standard InChI is InChI=1S/C18H17N5O/c1-13(24)14-7-6-8-15(11-14)20-17-12-19-22-18(21-17)23(2)16-9-4-3-5-10-16/h3-12H,1-2H3,(H,20,21,22). The Labute approximate surface area is 140 Å². The summed E-state index contributed by atoms with van der Waals surface area (Å²) in [5.74, 6) is 1.06. The molecular formula is C18H17N5O. The molecule has 0 saturated carbocycles. The topological polar surface area (TPSA) is 71.0 Å². The molecule has 0 saturated heterocycles. The second-order valence-corrected chi connectivity index (χ2v) is 5.30. The van der Waals surface area contributed by atoms with Gasteiger partial charge in [-0.1, -0.05) is 30.3 Å². The van der Waals surface area contributed by atoms with Crippen molar-refractivity contribution in [2.45, 2.75) is 6.92 Å². The van der Waals surface area contributed by atoms with Crippen LogP contribution in [0, 0.1) is 0 Å². The van der Waals surface area contributed by atoms with E-state index in [0.29, 0.717) is 17.3 Å². The number of hydrogen-bond acceptors (Lipinski definition) is 6. The summed E-state index contributed by atoms with van der Waals surface area (Å²) in [5, 5.41) is 11.2. The Morgan fingerprint density at radius 1 is 1.08 bits per heavy atom. The Kier molecular flexibility index (Phi) is 4.47. The largest absolute Gasteiger partial charge is 0.339 e. The van der Waals surface area contributed by atoms with Crippen LogP contribution < -0.4 is 10.2 Å². The molecular weight excluding hydrogens is 302 g/mol. The molecule has 0 atom stereocenters. The lowest BCUT2D eigenvalue weighted by molar-refractivity contribution is 0.101. The van der Waals surface area contributed by atoms with Gasteiger partial charge < -0.3 is 10.2 Å². The maximum Gasteiger partial charge on any atom is 0.251 e. The van der Waals surface area contributed by atoms with E-state index in [0.717, 1.165) is 11.4 Å². The third-order valence-electron chi connectivity index (χ3n) is 3.53. The van der Waals surface area contributed by atoms with Gasteiger partial charge in [-0.15, -0.1) is 5.10 Å². The van der Waals surface area contributed by atoms with Crippen LogP contribution in [-0.4, -0.2) is 28.0 Å². The Bertz CT molecular complexity index is 851. The molecule has 6 heteroatoms. The highest BCUT2D eigenvalue weighted by atomic mass is 16.1. The van der Waals surface area contributed by atoms with Gasteiger partial charge in [-0.05, 0) is 31.2 Å². The Balaban J connectivity index is 1.83. The minimum absolute atomic E-state index is 0.0176. The number of Topliss-reactive ketones (excluding diaryl/α,β-unsaturated/α-hetero) is 1. The number of carbonyl (C=O) groups excluding carboxylic acids is 1. The van der Waals surface area contributed by atoms with Crippen LogP contribution >= 0.6 is 0 Å². The van der Waals surface area contributed by atoms with Crippen molar-refractivity contribution in [2.75, 3.05) is 17.3 Å². The molecule has 0 aliphatic rings. The molecule has 0 spiro atoms. The monoisotopic (exact) mass is 319 g/mol. The molecule has 3 rings (SSSR count). The summed E-state index contributed by atoms with van der Waals surface area (Å²) in [7, 11) is 1.88. The normalized spacial score (nSPS) is 10.2. The van der Waals surface area contributed by atoms with Crippen LogP contribution in [0.15, 0.2) is 60.8 Å². The highest BCUT2D eigenvalue weighted by molar-refractivity contribution is 5.95. The summed E-state index contributed by atoms with van der Waals surface area (Å²) in [6, 6.07) is 17.1. The van der Waals surface area contributed by atoms with Gasteiger partial charge in [0.15, 0.2) is 11.6 Å². The van der Waals surface area contributed by atoms with E-state index < -0.39 is 0 Å². The third kappa shape index (κ3) is 3.55. The van der Waals surface area contributed by atoms with E-state index in [1.165, 1.54) is 6.92 Å². The van der Waals surface area contributed by atoms with E-state index in [1.54, 1.807) is 18.3 Å². The molecule has 1 heterocycles. The number of anilines is 4. The number of aromatic nitrogens is 3. The molecule has 1 N–H and O–H groups in total. The number of rotatable bonds is 5. The highest BCUT2D eigenvalue weighted by Crippen LogP contribution is 2.21. The molecule has 120 valence electrons. The number of nitrogens with one attached hydrogen (secondary N) is 1. The smallest absolute Gasteiger partial charge is 0.251 e. The number of hydrogen-bond donors (Lipinski definition) is 1. The number of carbonyl (C=O) groups is 1. The second kappa shape index (κ2) is 6.87. The van der Waals surface area contributed by atoms with Gasteiger partial charge in [-0.3, -0.25) is 4.79 Å². The number of nitrogens with zero attached hydrogens (tertiary/aromatic N) is 4. The SMILES string of the molecule is CC(=O)c1cccc(Nc2cnnc(N(C)c3ccccc3)n2)c1. The first-order valence-electron chi connectivity index (χ1n) is 7.50. The van der Waals surface area contributed by atoms with Crippen molar-refractivity contribution in [3.8, 4) is 0 Å². The minimum Gasteiger partial charge on any atom is -0.339 e. The highest BCUT2D eigenvalue weighted by Gasteiger charge is 2.09. The first kappa shape index (κ1) is 15.6. The van der Waals surface area contributed by atoms with Crippen LogP contribution in [0.5, 0.6) is 0 Å². The zero-order chi connectivity index (χ0) is 16.9. The van der Waals surface area contributed by atoms with Gasteiger partial charge in [0.2, 0.25) is 0 Å². The van der Waals surface area contributed by atoms with Crippen molar-refractivity contribution in [1.29, 1.82) is 0 Å². The predicted molar refractivity (Wildman–Crippen MR) is 94.1 cm³/mol. The van der Waals surface area contributed by atoms with Crippen molar-refractivity contribution >= 4 is 28.9 Å². The summed E-state index contributed by atoms with van der Waals surface area (Å²) in [6.07, 6.45) is 1.54. The van der Waals surface area contributed by atoms with Crippen molar-refractivity contribution in [3.05, 3.63) is 66.4 Å². The molecule has 2 aromatic carbocycles. The summed E-state index contributed by atoms with van der Waals surface area (Å²) in [5.41, 5.74) is 2.38. The average molecular weight is 319 g/mol. The molecule has 0 amide bonds. The molecule has 1 aromatic heterocycles. The van der Waals surface area contributed by atoms with Crippen molar-refractivity contribution in [3.63, 3.8) is 0 Å². The van der Waals surface area contributed by atoms with Crippen LogP contribution in [0.1, 0.15) is 17.3 Å². The first-order chi connectivity index (χ1) is 11.6. The van der Waals surface area contributed by atoms with Crippen LogP contribution in [0.4, 0.5) is 23.1 Å². The zero-order valence-corrected chi connectivity index (χ0v) is 13.5. The van der Waals surface area contributed by atoms with Crippen molar-refractivity contribution in [1.82, 2.24) is 15.2 Å². The van der Waals surface area contributed by atoms with Crippen molar-refractivity contribution < 1.29 is 4.79 Å². The molecule has 0 aliphatic heterocycles. The maximum atomic E-state index is 11.5. The lowest BCUT2D eigenvalue weighted by Crippen LogP contribution is -2.14. The third-order valence-corrected chi connectivity index (χ3v) is 3.53. The fraction of sp³-hybridized carbons (Fsp3) is 0.111. The van der Waals surface area contributed by atoms with Crippen LogP contribution in [0.2, 0.25) is 0 Å². The number of benzene rings is 2. The molecule has 3 aromatic rings. The molecule has 0 fully saturated rings. The zero-order valence-electron chi connectivity index (χ0n) is 13.5. The number of ketones is 1. The maximum absolute atomic E-state index is 11.5. The van der Waals surface area contributed by atoms with Gasteiger partial charge in [0.25, 0.3) is 5.95 Å². The van der Waals surface area contributed by atoms with E-state index in [4.69, 9.17) is 0 Å². The fourth-order valence-electron chi connectivity index (χ4n) is 2.23. The molecule has 24 heavy (non-hydrogen) atoms. The first-order valence-corrected chi connectivity index (χ1v) is 7.50. The van der Waals surface area contributed by atoms with Crippen molar-refractivity contribution in [2.24, 2.45) is 0 Å². The Hall–Kier alpha value is -3.28. The lowest BCUT2D eigenvalue weighted by atomic mass is 10.1. The van der Waals surface area contributed by atoms with Gasteiger partial charge in [0.05, 0.1) is 6.20 Å². The summed E-state index contributed by atoms with van der Waals surface area (Å²) >= 11 is 0. The van der Waals surface area contributed by atoms with Crippen LogP contribution in [0.25, 0.3) is 0 Å². The number of para-hydroxylation sites is 1. The van der Waals surface area contributed by atoms with Gasteiger partial charge in [-0.25, -0.2) is 0 Å². The average Bonchev–Trinajstić information content (AvgIpc) is 2.62. The quantitative estimate of drug-likeness (QED) is 0.725. The predicted octanol–water partition coefficient (Wildman–Crippen LogP) is 3.59. The minimum atomic E-state index is 0.0176. The summed E-state index contributed by atoms with van der Waals surface area (Å²) < 4.78 is 0. The van der Waals surface area contributed by atoms with Gasteiger partial charge in [0.1, 0.15) is 0 Å².